The highest BCUT2D eigenvalue weighted by molar-refractivity contribution is 5.87. The van der Waals surface area contributed by atoms with Crippen molar-refractivity contribution in [2.45, 2.75) is 27.2 Å². The zero-order chi connectivity index (χ0) is 12.6. The number of aliphatic carboxylic acids is 1. The molecule has 1 aromatic heterocycles. The molecule has 2 aromatic rings. The summed E-state index contributed by atoms with van der Waals surface area (Å²) in [6, 6.07) is 5.89. The van der Waals surface area contributed by atoms with Crippen LogP contribution in [-0.4, -0.2) is 16.1 Å². The normalized spacial score (nSPS) is 10.8. The highest BCUT2D eigenvalue weighted by Gasteiger charge is 2.09. The quantitative estimate of drug-likeness (QED) is 0.861. The van der Waals surface area contributed by atoms with Gasteiger partial charge in [0.25, 0.3) is 0 Å². The molecule has 1 aromatic carbocycles. The van der Waals surface area contributed by atoms with Crippen molar-refractivity contribution in [2.24, 2.45) is 0 Å². The monoisotopic (exact) mass is 229 g/mol. The molecule has 3 nitrogen and oxygen atoms in total. The predicted molar refractivity (Wildman–Crippen MR) is 67.3 cm³/mol. The Kier molecular flexibility index (Phi) is 2.84. The van der Waals surface area contributed by atoms with Gasteiger partial charge < -0.3 is 5.11 Å². The SMILES string of the molecule is Cc1cc(CC(=O)O)c2cc(C)c(C)cc2n1. The standard InChI is InChI=1S/C14H15NO2/c1-8-4-12-11(7-14(16)17)6-10(3)15-13(12)5-9(8)2/h4-6H,7H2,1-3H3,(H,16,17). The summed E-state index contributed by atoms with van der Waals surface area (Å²) < 4.78 is 0. The van der Waals surface area contributed by atoms with E-state index in [0.717, 1.165) is 27.7 Å². The summed E-state index contributed by atoms with van der Waals surface area (Å²) in [6.45, 7) is 5.95. The van der Waals surface area contributed by atoms with Gasteiger partial charge in [-0.1, -0.05) is 0 Å². The van der Waals surface area contributed by atoms with Crippen molar-refractivity contribution in [1.29, 1.82) is 0 Å². The number of aromatic nitrogens is 1. The molecule has 2 rings (SSSR count). The Balaban J connectivity index is 2.73. The van der Waals surface area contributed by atoms with Crippen LogP contribution in [0.2, 0.25) is 0 Å². The first-order chi connectivity index (χ1) is 7.97. The minimum absolute atomic E-state index is 0.0440. The number of carboxylic acid groups (broad SMARTS) is 1. The summed E-state index contributed by atoms with van der Waals surface area (Å²) in [7, 11) is 0. The van der Waals surface area contributed by atoms with Crippen molar-refractivity contribution in [3.05, 3.63) is 40.6 Å². The molecule has 0 unspecified atom stereocenters. The van der Waals surface area contributed by atoms with Crippen LogP contribution in [0.4, 0.5) is 0 Å². The van der Waals surface area contributed by atoms with E-state index in [-0.39, 0.29) is 6.42 Å². The van der Waals surface area contributed by atoms with Crippen molar-refractivity contribution >= 4 is 16.9 Å². The zero-order valence-corrected chi connectivity index (χ0v) is 10.2. The van der Waals surface area contributed by atoms with Crippen LogP contribution in [0.25, 0.3) is 10.9 Å². The number of benzene rings is 1. The number of carbonyl (C=O) groups is 1. The fourth-order valence-electron chi connectivity index (χ4n) is 2.01. The fourth-order valence-corrected chi connectivity index (χ4v) is 2.01. The van der Waals surface area contributed by atoms with Gasteiger partial charge in [-0.15, -0.1) is 0 Å². The second-order valence-corrected chi connectivity index (χ2v) is 4.45. The van der Waals surface area contributed by atoms with E-state index < -0.39 is 5.97 Å². The van der Waals surface area contributed by atoms with E-state index in [2.05, 4.69) is 4.98 Å². The Hall–Kier alpha value is -1.90. The number of fused-ring (bicyclic) bond motifs is 1. The number of rotatable bonds is 2. The Labute approximate surface area is 100 Å². The van der Waals surface area contributed by atoms with Crippen LogP contribution < -0.4 is 0 Å². The van der Waals surface area contributed by atoms with Gasteiger partial charge in [0.05, 0.1) is 11.9 Å². The summed E-state index contributed by atoms with van der Waals surface area (Å²) >= 11 is 0. The first kappa shape index (κ1) is 11.6. The topological polar surface area (TPSA) is 50.2 Å². The minimum atomic E-state index is -0.810. The summed E-state index contributed by atoms with van der Waals surface area (Å²) in [5, 5.41) is 9.87. The van der Waals surface area contributed by atoms with Crippen molar-refractivity contribution in [2.75, 3.05) is 0 Å². The Morgan fingerprint density at radius 2 is 1.82 bits per heavy atom. The largest absolute Gasteiger partial charge is 0.481 e. The van der Waals surface area contributed by atoms with E-state index in [0.29, 0.717) is 0 Å². The third-order valence-electron chi connectivity index (χ3n) is 2.98. The average Bonchev–Trinajstić information content (AvgIpc) is 2.20. The van der Waals surface area contributed by atoms with Crippen LogP contribution in [0.5, 0.6) is 0 Å². The molecule has 0 amide bonds. The molecule has 0 fully saturated rings. The highest BCUT2D eigenvalue weighted by atomic mass is 16.4. The van der Waals surface area contributed by atoms with Crippen LogP contribution in [0.1, 0.15) is 22.4 Å². The molecule has 0 bridgehead atoms. The number of hydrogen-bond donors (Lipinski definition) is 1. The van der Waals surface area contributed by atoms with Gasteiger partial charge in [-0.25, -0.2) is 0 Å². The first-order valence-electron chi connectivity index (χ1n) is 5.56. The lowest BCUT2D eigenvalue weighted by molar-refractivity contribution is -0.136. The summed E-state index contributed by atoms with van der Waals surface area (Å²) in [5.41, 5.74) is 4.91. The van der Waals surface area contributed by atoms with Gasteiger partial charge in [0, 0.05) is 11.1 Å². The van der Waals surface area contributed by atoms with Crippen molar-refractivity contribution < 1.29 is 9.90 Å². The molecule has 0 spiro atoms. The minimum Gasteiger partial charge on any atom is -0.481 e. The Bertz CT molecular complexity index is 603. The molecule has 0 atom stereocenters. The first-order valence-corrected chi connectivity index (χ1v) is 5.56. The van der Waals surface area contributed by atoms with Crippen molar-refractivity contribution in [3.8, 4) is 0 Å². The molecule has 0 radical (unpaired) electrons. The maximum atomic E-state index is 10.9. The summed E-state index contributed by atoms with van der Waals surface area (Å²) in [5.74, 6) is -0.810. The van der Waals surface area contributed by atoms with Crippen molar-refractivity contribution in [3.63, 3.8) is 0 Å². The van der Waals surface area contributed by atoms with Gasteiger partial charge in [-0.2, -0.15) is 0 Å². The van der Waals surface area contributed by atoms with E-state index in [1.165, 1.54) is 5.56 Å². The molecule has 88 valence electrons. The lowest BCUT2D eigenvalue weighted by Gasteiger charge is -2.09. The highest BCUT2D eigenvalue weighted by Crippen LogP contribution is 2.22. The summed E-state index contributed by atoms with van der Waals surface area (Å²) in [4.78, 5) is 15.3. The number of nitrogens with zero attached hydrogens (tertiary/aromatic N) is 1. The fraction of sp³-hybridized carbons (Fsp3) is 0.286. The van der Waals surface area contributed by atoms with Gasteiger partial charge in [-0.05, 0) is 55.7 Å². The molecule has 1 heterocycles. The molecule has 0 aliphatic heterocycles. The van der Waals surface area contributed by atoms with Gasteiger partial charge in [0.1, 0.15) is 0 Å². The van der Waals surface area contributed by atoms with Gasteiger partial charge >= 0.3 is 5.97 Å². The Morgan fingerprint density at radius 3 is 2.47 bits per heavy atom. The molecule has 1 N–H and O–H groups in total. The van der Waals surface area contributed by atoms with E-state index in [9.17, 15) is 4.79 Å². The van der Waals surface area contributed by atoms with E-state index in [1.54, 1.807) is 0 Å². The molecule has 17 heavy (non-hydrogen) atoms. The molecule has 0 aliphatic rings. The third-order valence-corrected chi connectivity index (χ3v) is 2.98. The Morgan fingerprint density at radius 1 is 1.18 bits per heavy atom. The van der Waals surface area contributed by atoms with Crippen molar-refractivity contribution in [1.82, 2.24) is 4.98 Å². The second-order valence-electron chi connectivity index (χ2n) is 4.45. The number of carboxylic acids is 1. The van der Waals surface area contributed by atoms with Crippen LogP contribution in [0.3, 0.4) is 0 Å². The van der Waals surface area contributed by atoms with Crippen LogP contribution >= 0.6 is 0 Å². The van der Waals surface area contributed by atoms with E-state index >= 15 is 0 Å². The average molecular weight is 229 g/mol. The smallest absolute Gasteiger partial charge is 0.307 e. The molecule has 0 saturated carbocycles. The number of hydrogen-bond acceptors (Lipinski definition) is 2. The van der Waals surface area contributed by atoms with Gasteiger partial charge in [0.2, 0.25) is 0 Å². The van der Waals surface area contributed by atoms with E-state index in [4.69, 9.17) is 5.11 Å². The lowest BCUT2D eigenvalue weighted by Crippen LogP contribution is -2.02. The van der Waals surface area contributed by atoms with Crippen LogP contribution in [0.15, 0.2) is 18.2 Å². The van der Waals surface area contributed by atoms with E-state index in [1.807, 2.05) is 39.0 Å². The maximum Gasteiger partial charge on any atom is 0.307 e. The van der Waals surface area contributed by atoms with Crippen LogP contribution in [-0.2, 0) is 11.2 Å². The maximum absolute atomic E-state index is 10.9. The second kappa shape index (κ2) is 4.17. The molecular weight excluding hydrogens is 214 g/mol. The predicted octanol–water partition coefficient (Wildman–Crippen LogP) is 2.79. The van der Waals surface area contributed by atoms with Gasteiger partial charge in [-0.3, -0.25) is 9.78 Å². The molecule has 0 aliphatic carbocycles. The van der Waals surface area contributed by atoms with Crippen LogP contribution in [0, 0.1) is 20.8 Å². The lowest BCUT2D eigenvalue weighted by atomic mass is 10.0. The third kappa shape index (κ3) is 2.28. The molecule has 0 saturated heterocycles. The summed E-state index contributed by atoms with van der Waals surface area (Å²) in [6.07, 6.45) is 0.0440. The molecule has 3 heteroatoms. The number of pyridine rings is 1. The number of aryl methyl sites for hydroxylation is 3. The zero-order valence-electron chi connectivity index (χ0n) is 10.2. The molecular formula is C14H15NO2. The van der Waals surface area contributed by atoms with Gasteiger partial charge in [0.15, 0.2) is 0 Å².